The zero-order valence-electron chi connectivity index (χ0n) is 14.2. The summed E-state index contributed by atoms with van der Waals surface area (Å²) in [7, 11) is 0. The Balaban J connectivity index is 2.09. The SMILES string of the molecule is CC(C)(C)OC(=O)n1cc(-c2ccccc2)cc1-c1ccccc1. The number of benzene rings is 2. The number of carbonyl (C=O) groups is 1. The van der Waals surface area contributed by atoms with Crippen molar-refractivity contribution in [3.63, 3.8) is 0 Å². The lowest BCUT2D eigenvalue weighted by atomic mass is 10.1. The van der Waals surface area contributed by atoms with Gasteiger partial charge in [0.2, 0.25) is 0 Å². The molecule has 1 heterocycles. The lowest BCUT2D eigenvalue weighted by Gasteiger charge is -2.20. The minimum atomic E-state index is -0.539. The Morgan fingerprint density at radius 1 is 0.833 bits per heavy atom. The van der Waals surface area contributed by atoms with Gasteiger partial charge in [0.1, 0.15) is 5.60 Å². The van der Waals surface area contributed by atoms with E-state index in [1.54, 1.807) is 4.57 Å². The highest BCUT2D eigenvalue weighted by Crippen LogP contribution is 2.29. The molecule has 1 aromatic heterocycles. The maximum Gasteiger partial charge on any atom is 0.419 e. The van der Waals surface area contributed by atoms with E-state index < -0.39 is 5.60 Å². The van der Waals surface area contributed by atoms with Gasteiger partial charge in [-0.25, -0.2) is 4.79 Å². The maximum absolute atomic E-state index is 12.6. The number of ether oxygens (including phenoxy) is 1. The van der Waals surface area contributed by atoms with Crippen LogP contribution in [0.15, 0.2) is 72.9 Å². The van der Waals surface area contributed by atoms with Crippen molar-refractivity contribution in [2.75, 3.05) is 0 Å². The van der Waals surface area contributed by atoms with Gasteiger partial charge in [-0.3, -0.25) is 4.57 Å². The number of hydrogen-bond donors (Lipinski definition) is 0. The van der Waals surface area contributed by atoms with Gasteiger partial charge in [-0.2, -0.15) is 0 Å². The van der Waals surface area contributed by atoms with Crippen LogP contribution in [-0.2, 0) is 4.74 Å². The van der Waals surface area contributed by atoms with Crippen molar-refractivity contribution in [3.8, 4) is 22.4 Å². The molecule has 0 atom stereocenters. The third-order valence-electron chi connectivity index (χ3n) is 3.59. The highest BCUT2D eigenvalue weighted by atomic mass is 16.6. The largest absolute Gasteiger partial charge is 0.443 e. The molecule has 0 spiro atoms. The predicted octanol–water partition coefficient (Wildman–Crippen LogP) is 5.61. The van der Waals surface area contributed by atoms with Crippen molar-refractivity contribution in [2.24, 2.45) is 0 Å². The summed E-state index contributed by atoms with van der Waals surface area (Å²) >= 11 is 0. The van der Waals surface area contributed by atoms with Crippen LogP contribution in [-0.4, -0.2) is 16.3 Å². The molecular formula is C21H21NO2. The van der Waals surface area contributed by atoms with Gasteiger partial charge < -0.3 is 4.74 Å². The van der Waals surface area contributed by atoms with Crippen LogP contribution in [0.4, 0.5) is 4.79 Å². The molecule has 0 unspecified atom stereocenters. The second kappa shape index (κ2) is 6.36. The lowest BCUT2D eigenvalue weighted by Crippen LogP contribution is -2.27. The molecule has 0 aliphatic rings. The quantitative estimate of drug-likeness (QED) is 0.615. The summed E-state index contributed by atoms with van der Waals surface area (Å²) in [5.74, 6) is 0. The summed E-state index contributed by atoms with van der Waals surface area (Å²) in [4.78, 5) is 12.6. The molecule has 3 heteroatoms. The van der Waals surface area contributed by atoms with Crippen LogP contribution in [0.25, 0.3) is 22.4 Å². The summed E-state index contributed by atoms with van der Waals surface area (Å²) < 4.78 is 7.15. The Morgan fingerprint density at radius 3 is 1.92 bits per heavy atom. The van der Waals surface area contributed by atoms with Crippen LogP contribution in [0.1, 0.15) is 20.8 Å². The third-order valence-corrected chi connectivity index (χ3v) is 3.59. The Kier molecular flexibility index (Phi) is 4.26. The third kappa shape index (κ3) is 3.57. The molecule has 0 amide bonds. The van der Waals surface area contributed by atoms with E-state index >= 15 is 0 Å². The van der Waals surface area contributed by atoms with Crippen molar-refractivity contribution in [2.45, 2.75) is 26.4 Å². The molecule has 122 valence electrons. The van der Waals surface area contributed by atoms with E-state index in [1.165, 1.54) is 0 Å². The van der Waals surface area contributed by atoms with Gasteiger partial charge in [-0.1, -0.05) is 60.7 Å². The van der Waals surface area contributed by atoms with Gasteiger partial charge >= 0.3 is 6.09 Å². The summed E-state index contributed by atoms with van der Waals surface area (Å²) in [6.45, 7) is 5.61. The summed E-state index contributed by atoms with van der Waals surface area (Å²) in [6, 6.07) is 21.9. The first-order valence-corrected chi connectivity index (χ1v) is 8.01. The second-order valence-electron chi connectivity index (χ2n) is 6.70. The fourth-order valence-corrected chi connectivity index (χ4v) is 2.54. The van der Waals surface area contributed by atoms with Crippen molar-refractivity contribution in [1.29, 1.82) is 0 Å². The second-order valence-corrected chi connectivity index (χ2v) is 6.70. The Morgan fingerprint density at radius 2 is 1.38 bits per heavy atom. The van der Waals surface area contributed by atoms with Crippen molar-refractivity contribution < 1.29 is 9.53 Å². The predicted molar refractivity (Wildman–Crippen MR) is 96.9 cm³/mol. The average molecular weight is 319 g/mol. The van der Waals surface area contributed by atoms with E-state index in [4.69, 9.17) is 4.74 Å². The number of hydrogen-bond acceptors (Lipinski definition) is 2. The minimum absolute atomic E-state index is 0.372. The Labute approximate surface area is 142 Å². The monoisotopic (exact) mass is 319 g/mol. The molecule has 3 aromatic rings. The molecule has 0 aliphatic heterocycles. The fraction of sp³-hybridized carbons (Fsp3) is 0.190. The zero-order valence-corrected chi connectivity index (χ0v) is 14.2. The molecular weight excluding hydrogens is 298 g/mol. The summed E-state index contributed by atoms with van der Waals surface area (Å²) in [5.41, 5.74) is 3.31. The number of nitrogens with zero attached hydrogens (tertiary/aromatic N) is 1. The van der Waals surface area contributed by atoms with Crippen LogP contribution in [0.3, 0.4) is 0 Å². The molecule has 3 nitrogen and oxygen atoms in total. The van der Waals surface area contributed by atoms with Gasteiger partial charge in [0.15, 0.2) is 0 Å². The summed E-state index contributed by atoms with van der Waals surface area (Å²) in [5, 5.41) is 0. The molecule has 24 heavy (non-hydrogen) atoms. The molecule has 0 fully saturated rings. The van der Waals surface area contributed by atoms with Crippen molar-refractivity contribution in [3.05, 3.63) is 72.9 Å². The van der Waals surface area contributed by atoms with Crippen LogP contribution < -0.4 is 0 Å². The first-order chi connectivity index (χ1) is 11.4. The molecule has 2 aromatic carbocycles. The topological polar surface area (TPSA) is 31.2 Å². The first kappa shape index (κ1) is 16.1. The van der Waals surface area contributed by atoms with Gasteiger partial charge in [-0.05, 0) is 38.0 Å². The van der Waals surface area contributed by atoms with E-state index in [0.717, 1.165) is 22.4 Å². The number of carbonyl (C=O) groups excluding carboxylic acids is 1. The molecule has 3 rings (SSSR count). The van der Waals surface area contributed by atoms with E-state index in [-0.39, 0.29) is 6.09 Å². The highest BCUT2D eigenvalue weighted by molar-refractivity contribution is 5.83. The van der Waals surface area contributed by atoms with Gasteiger partial charge in [0, 0.05) is 11.8 Å². The van der Waals surface area contributed by atoms with E-state index in [9.17, 15) is 4.79 Å². The number of rotatable bonds is 2. The van der Waals surface area contributed by atoms with Gasteiger partial charge in [-0.15, -0.1) is 0 Å². The smallest absolute Gasteiger partial charge is 0.419 e. The molecule has 0 radical (unpaired) electrons. The van der Waals surface area contributed by atoms with Crippen LogP contribution in [0.5, 0.6) is 0 Å². The Bertz CT molecular complexity index is 827. The van der Waals surface area contributed by atoms with E-state index in [0.29, 0.717) is 0 Å². The van der Waals surface area contributed by atoms with Crippen LogP contribution in [0.2, 0.25) is 0 Å². The standard InChI is InChI=1S/C21H21NO2/c1-21(2,3)24-20(23)22-15-18(16-10-6-4-7-11-16)14-19(22)17-12-8-5-9-13-17/h4-15H,1-3H3. The molecule has 0 saturated heterocycles. The molecule has 0 bridgehead atoms. The molecule has 0 aliphatic carbocycles. The normalized spacial score (nSPS) is 11.3. The van der Waals surface area contributed by atoms with E-state index in [1.807, 2.05) is 93.7 Å². The fourth-order valence-electron chi connectivity index (χ4n) is 2.54. The minimum Gasteiger partial charge on any atom is -0.443 e. The molecule has 0 saturated carbocycles. The van der Waals surface area contributed by atoms with E-state index in [2.05, 4.69) is 0 Å². The van der Waals surface area contributed by atoms with Gasteiger partial charge in [0.05, 0.1) is 5.69 Å². The Hall–Kier alpha value is -2.81. The first-order valence-electron chi connectivity index (χ1n) is 8.01. The highest BCUT2D eigenvalue weighted by Gasteiger charge is 2.21. The number of aromatic nitrogens is 1. The van der Waals surface area contributed by atoms with Gasteiger partial charge in [0.25, 0.3) is 0 Å². The van der Waals surface area contributed by atoms with Crippen molar-refractivity contribution >= 4 is 6.09 Å². The zero-order chi connectivity index (χ0) is 17.2. The maximum atomic E-state index is 12.6. The summed E-state index contributed by atoms with van der Waals surface area (Å²) in [6.07, 6.45) is 1.47. The van der Waals surface area contributed by atoms with Crippen LogP contribution >= 0.6 is 0 Å². The average Bonchev–Trinajstić information content (AvgIpc) is 3.00. The lowest BCUT2D eigenvalue weighted by molar-refractivity contribution is 0.0540. The van der Waals surface area contributed by atoms with Crippen molar-refractivity contribution in [1.82, 2.24) is 4.57 Å². The molecule has 0 N–H and O–H groups in total. The van der Waals surface area contributed by atoms with Crippen LogP contribution in [0, 0.1) is 0 Å².